The molecule has 5 nitrogen and oxygen atoms in total. The predicted octanol–water partition coefficient (Wildman–Crippen LogP) is 3.22. The molecule has 7 heteroatoms. The van der Waals surface area contributed by atoms with Gasteiger partial charge in [0.2, 0.25) is 0 Å². The first kappa shape index (κ1) is 21.8. The Labute approximate surface area is 142 Å². The van der Waals surface area contributed by atoms with Crippen LogP contribution >= 0.6 is 0 Å². The van der Waals surface area contributed by atoms with E-state index in [0.29, 0.717) is 13.2 Å². The van der Waals surface area contributed by atoms with Crippen LogP contribution in [0.2, 0.25) is 38.3 Å². The molecule has 0 unspecified atom stereocenters. The van der Waals surface area contributed by atoms with Gasteiger partial charge in [0.1, 0.15) is 16.5 Å². The second-order valence-corrected chi connectivity index (χ2v) is 16.4. The van der Waals surface area contributed by atoms with E-state index in [1.54, 1.807) is 0 Å². The SMILES string of the molecule is C=CC(=O)OCCC[Si](C)(C)N[Si](C)(C)CCCOC(=O)C=C. The average Bonchev–Trinajstić information content (AvgIpc) is 2.46. The summed E-state index contributed by atoms with van der Waals surface area (Å²) in [5.74, 6) is -0.720. The predicted molar refractivity (Wildman–Crippen MR) is 99.3 cm³/mol. The van der Waals surface area contributed by atoms with Crippen molar-refractivity contribution in [1.29, 1.82) is 0 Å². The van der Waals surface area contributed by atoms with Crippen LogP contribution in [0.1, 0.15) is 12.8 Å². The fraction of sp³-hybridized carbons (Fsp3) is 0.625. The van der Waals surface area contributed by atoms with Crippen molar-refractivity contribution in [3.63, 3.8) is 0 Å². The second-order valence-electron chi connectivity index (χ2n) is 6.84. The Balaban J connectivity index is 4.08. The van der Waals surface area contributed by atoms with Gasteiger partial charge in [-0.1, -0.05) is 39.3 Å². The van der Waals surface area contributed by atoms with E-state index in [9.17, 15) is 9.59 Å². The summed E-state index contributed by atoms with van der Waals surface area (Å²) in [5, 5.41) is 0. The Hall–Kier alpha value is -1.19. The van der Waals surface area contributed by atoms with Crippen LogP contribution in [0.15, 0.2) is 25.3 Å². The van der Waals surface area contributed by atoms with E-state index >= 15 is 0 Å². The maximum atomic E-state index is 11.0. The minimum Gasteiger partial charge on any atom is -0.463 e. The van der Waals surface area contributed by atoms with Gasteiger partial charge in [-0.05, 0) is 24.9 Å². The summed E-state index contributed by atoms with van der Waals surface area (Å²) in [6.07, 6.45) is 4.12. The van der Waals surface area contributed by atoms with Gasteiger partial charge >= 0.3 is 11.9 Å². The standard InChI is InChI=1S/C16H31NO4Si2/c1-7-15(18)20-11-9-13-22(3,4)17-23(5,6)14-10-12-21-16(19)8-2/h7-8,17H,1-2,9-14H2,3-6H3. The van der Waals surface area contributed by atoms with Crippen LogP contribution in [0.25, 0.3) is 0 Å². The number of hydrogen-bond donors (Lipinski definition) is 1. The molecule has 0 bridgehead atoms. The van der Waals surface area contributed by atoms with Gasteiger partial charge in [-0.25, -0.2) is 9.59 Å². The zero-order chi connectivity index (χ0) is 17.9. The molecule has 0 saturated carbocycles. The summed E-state index contributed by atoms with van der Waals surface area (Å²) < 4.78 is 13.9. The summed E-state index contributed by atoms with van der Waals surface area (Å²) >= 11 is 0. The summed E-state index contributed by atoms with van der Waals surface area (Å²) in [7, 11) is -3.08. The van der Waals surface area contributed by atoms with Gasteiger partial charge < -0.3 is 14.1 Å². The van der Waals surface area contributed by atoms with Crippen LogP contribution < -0.4 is 4.65 Å². The smallest absolute Gasteiger partial charge is 0.330 e. The molecule has 1 N–H and O–H groups in total. The van der Waals surface area contributed by atoms with E-state index in [1.807, 2.05) is 0 Å². The van der Waals surface area contributed by atoms with Crippen molar-refractivity contribution in [2.75, 3.05) is 13.2 Å². The highest BCUT2D eigenvalue weighted by Gasteiger charge is 2.30. The third kappa shape index (κ3) is 12.0. The lowest BCUT2D eigenvalue weighted by Gasteiger charge is -2.34. The molecule has 0 aromatic rings. The molecule has 0 aliphatic carbocycles. The van der Waals surface area contributed by atoms with E-state index < -0.39 is 16.5 Å². The minimum atomic E-state index is -1.54. The molecule has 0 saturated heterocycles. The summed E-state index contributed by atoms with van der Waals surface area (Å²) in [6.45, 7) is 16.9. The molecule has 0 heterocycles. The lowest BCUT2D eigenvalue weighted by molar-refractivity contribution is -0.138. The normalized spacial score (nSPS) is 11.7. The highest BCUT2D eigenvalue weighted by Crippen LogP contribution is 2.17. The molecule has 0 atom stereocenters. The number of nitrogens with one attached hydrogen (secondary N) is 1. The Morgan fingerprint density at radius 1 is 0.870 bits per heavy atom. The van der Waals surface area contributed by atoms with Crippen LogP contribution in [0.5, 0.6) is 0 Å². The monoisotopic (exact) mass is 357 g/mol. The summed E-state index contributed by atoms with van der Waals surface area (Å²) in [4.78, 5) is 22.0. The first-order valence-corrected chi connectivity index (χ1v) is 14.4. The van der Waals surface area contributed by atoms with Gasteiger partial charge in [0.25, 0.3) is 0 Å². The van der Waals surface area contributed by atoms with Crippen molar-refractivity contribution in [3.05, 3.63) is 25.3 Å². The number of carbonyl (C=O) groups excluding carboxylic acids is 2. The Morgan fingerprint density at radius 3 is 1.52 bits per heavy atom. The van der Waals surface area contributed by atoms with Gasteiger partial charge in [-0.2, -0.15) is 0 Å². The van der Waals surface area contributed by atoms with E-state index in [0.717, 1.165) is 24.9 Å². The largest absolute Gasteiger partial charge is 0.463 e. The summed E-state index contributed by atoms with van der Waals surface area (Å²) in [6, 6.07) is 2.11. The molecular formula is C16H31NO4Si2. The van der Waals surface area contributed by atoms with Crippen LogP contribution in [-0.2, 0) is 19.1 Å². The molecule has 0 amide bonds. The first-order chi connectivity index (χ1) is 10.6. The van der Waals surface area contributed by atoms with Gasteiger partial charge in [-0.15, -0.1) is 0 Å². The molecule has 0 radical (unpaired) electrons. The molecule has 0 aromatic carbocycles. The number of rotatable bonds is 12. The minimum absolute atomic E-state index is 0.360. The van der Waals surface area contributed by atoms with E-state index in [-0.39, 0.29) is 11.9 Å². The lowest BCUT2D eigenvalue weighted by Crippen LogP contribution is -2.59. The van der Waals surface area contributed by atoms with Crippen LogP contribution in [0.3, 0.4) is 0 Å². The Bertz CT molecular complexity index is 384. The molecule has 0 aliphatic heterocycles. The fourth-order valence-electron chi connectivity index (χ4n) is 2.53. The number of esters is 2. The van der Waals surface area contributed by atoms with Crippen molar-refractivity contribution in [3.8, 4) is 0 Å². The number of carbonyl (C=O) groups is 2. The van der Waals surface area contributed by atoms with Crippen LogP contribution in [0, 0.1) is 0 Å². The highest BCUT2D eigenvalue weighted by molar-refractivity contribution is 6.91. The molecule has 0 fully saturated rings. The molecule has 0 aliphatic rings. The molecule has 0 rings (SSSR count). The molecule has 132 valence electrons. The maximum absolute atomic E-state index is 11.0. The van der Waals surface area contributed by atoms with Crippen molar-refractivity contribution in [1.82, 2.24) is 4.65 Å². The highest BCUT2D eigenvalue weighted by atomic mass is 28.4. The molecule has 0 aromatic heterocycles. The van der Waals surface area contributed by atoms with E-state index in [2.05, 4.69) is 44.0 Å². The molecule has 0 spiro atoms. The van der Waals surface area contributed by atoms with Crippen LogP contribution in [-0.4, -0.2) is 41.6 Å². The third-order valence-electron chi connectivity index (χ3n) is 3.39. The zero-order valence-electron chi connectivity index (χ0n) is 14.9. The van der Waals surface area contributed by atoms with E-state index in [4.69, 9.17) is 9.47 Å². The van der Waals surface area contributed by atoms with Crippen molar-refractivity contribution in [2.45, 2.75) is 51.1 Å². The number of hydrogen-bond acceptors (Lipinski definition) is 5. The Morgan fingerprint density at radius 2 is 1.22 bits per heavy atom. The quantitative estimate of drug-likeness (QED) is 0.251. The van der Waals surface area contributed by atoms with Gasteiger partial charge in [0.05, 0.1) is 13.2 Å². The van der Waals surface area contributed by atoms with E-state index in [1.165, 1.54) is 12.2 Å². The average molecular weight is 358 g/mol. The van der Waals surface area contributed by atoms with Crippen molar-refractivity contribution < 1.29 is 19.1 Å². The maximum Gasteiger partial charge on any atom is 0.330 e. The van der Waals surface area contributed by atoms with Gasteiger partial charge in [0.15, 0.2) is 0 Å². The zero-order valence-corrected chi connectivity index (χ0v) is 16.9. The first-order valence-electron chi connectivity index (χ1n) is 7.99. The number of ether oxygens (including phenoxy) is 2. The van der Waals surface area contributed by atoms with Gasteiger partial charge in [0, 0.05) is 12.2 Å². The fourth-order valence-corrected chi connectivity index (χ4v) is 12.9. The summed E-state index contributed by atoms with van der Waals surface area (Å²) in [5.41, 5.74) is 0. The lowest BCUT2D eigenvalue weighted by atomic mass is 10.5. The van der Waals surface area contributed by atoms with Crippen LogP contribution in [0.4, 0.5) is 0 Å². The topological polar surface area (TPSA) is 64.6 Å². The molecular weight excluding hydrogens is 326 g/mol. The van der Waals surface area contributed by atoms with Crippen molar-refractivity contribution >= 4 is 28.4 Å². The third-order valence-corrected chi connectivity index (χ3v) is 12.0. The molecule has 23 heavy (non-hydrogen) atoms. The van der Waals surface area contributed by atoms with Gasteiger partial charge in [-0.3, -0.25) is 0 Å². The second kappa shape index (κ2) is 10.6. The van der Waals surface area contributed by atoms with Crippen molar-refractivity contribution in [2.24, 2.45) is 0 Å². The Kier molecular flexibility index (Phi) is 10.0.